The molecule has 1 fully saturated rings. The zero-order valence-corrected chi connectivity index (χ0v) is 6.68. The van der Waals surface area contributed by atoms with Crippen molar-refractivity contribution >= 4 is 0 Å². The maximum Gasteiger partial charge on any atom is 0.0628 e. The average Bonchev–Trinajstić information content (AvgIpc) is 1.95. The minimum Gasteiger partial charge on any atom is -0.383 e. The largest absolute Gasteiger partial charge is 0.383 e. The van der Waals surface area contributed by atoms with Gasteiger partial charge < -0.3 is 15.4 Å². The van der Waals surface area contributed by atoms with Gasteiger partial charge in [0.1, 0.15) is 0 Å². The van der Waals surface area contributed by atoms with E-state index in [1.54, 1.807) is 7.11 Å². The molecule has 1 saturated heterocycles. The minimum atomic E-state index is 0.501. The van der Waals surface area contributed by atoms with Crippen LogP contribution in [0.3, 0.4) is 0 Å². The lowest BCUT2D eigenvalue weighted by atomic mass is 10.2. The van der Waals surface area contributed by atoms with Gasteiger partial charge in [0.15, 0.2) is 0 Å². The van der Waals surface area contributed by atoms with E-state index in [9.17, 15) is 0 Å². The molecule has 2 N–H and O–H groups in total. The first kappa shape index (κ1) is 7.98. The Bertz CT molecular complexity index is 89.6. The molecule has 3 heteroatoms. The molecule has 1 aliphatic heterocycles. The van der Waals surface area contributed by atoms with Gasteiger partial charge in [-0.15, -0.1) is 0 Å². The van der Waals surface area contributed by atoms with Gasteiger partial charge in [-0.05, 0) is 6.92 Å². The molecule has 2 unspecified atom stereocenters. The van der Waals surface area contributed by atoms with E-state index in [1.165, 1.54) is 0 Å². The lowest BCUT2D eigenvalue weighted by molar-refractivity contribution is 0.153. The van der Waals surface area contributed by atoms with Crippen LogP contribution in [0.25, 0.3) is 0 Å². The highest BCUT2D eigenvalue weighted by atomic mass is 16.5. The number of hydrogen-bond donors (Lipinski definition) is 2. The third-order valence-corrected chi connectivity index (χ3v) is 1.79. The van der Waals surface area contributed by atoms with E-state index in [-0.39, 0.29) is 0 Å². The number of methoxy groups -OCH3 is 1. The summed E-state index contributed by atoms with van der Waals surface area (Å²) in [6.45, 7) is 5.05. The molecule has 0 saturated carbocycles. The molecule has 60 valence electrons. The van der Waals surface area contributed by atoms with E-state index < -0.39 is 0 Å². The van der Waals surface area contributed by atoms with E-state index in [0.29, 0.717) is 12.1 Å². The van der Waals surface area contributed by atoms with E-state index in [1.807, 2.05) is 0 Å². The van der Waals surface area contributed by atoms with Crippen molar-refractivity contribution in [1.29, 1.82) is 0 Å². The maximum absolute atomic E-state index is 5.01. The lowest BCUT2D eigenvalue weighted by Gasteiger charge is -2.28. The predicted molar refractivity (Wildman–Crippen MR) is 41.1 cm³/mol. The van der Waals surface area contributed by atoms with Crippen molar-refractivity contribution in [2.75, 3.05) is 26.8 Å². The Labute approximate surface area is 62.1 Å². The van der Waals surface area contributed by atoms with Crippen LogP contribution in [0.1, 0.15) is 6.92 Å². The highest BCUT2D eigenvalue weighted by Crippen LogP contribution is 1.92. The summed E-state index contributed by atoms with van der Waals surface area (Å²) in [5.74, 6) is 0. The fourth-order valence-electron chi connectivity index (χ4n) is 1.15. The van der Waals surface area contributed by atoms with Gasteiger partial charge in [-0.25, -0.2) is 0 Å². The molecule has 0 aromatic carbocycles. The van der Waals surface area contributed by atoms with Crippen LogP contribution in [0.15, 0.2) is 0 Å². The van der Waals surface area contributed by atoms with Gasteiger partial charge in [0, 0.05) is 32.3 Å². The Morgan fingerprint density at radius 3 is 2.70 bits per heavy atom. The molecule has 1 aliphatic rings. The molecule has 1 heterocycles. The fraction of sp³-hybridized carbons (Fsp3) is 1.00. The summed E-state index contributed by atoms with van der Waals surface area (Å²) in [4.78, 5) is 0. The van der Waals surface area contributed by atoms with Crippen molar-refractivity contribution in [3.05, 3.63) is 0 Å². The Kier molecular flexibility index (Phi) is 3.12. The minimum absolute atomic E-state index is 0.501. The van der Waals surface area contributed by atoms with Gasteiger partial charge in [0.2, 0.25) is 0 Å². The second kappa shape index (κ2) is 3.91. The van der Waals surface area contributed by atoms with Crippen LogP contribution in [0.2, 0.25) is 0 Å². The molecular formula is C7H16N2O. The molecule has 10 heavy (non-hydrogen) atoms. The molecule has 0 radical (unpaired) electrons. The molecule has 2 atom stereocenters. The first-order chi connectivity index (χ1) is 4.83. The van der Waals surface area contributed by atoms with Crippen molar-refractivity contribution in [2.45, 2.75) is 19.0 Å². The molecule has 0 spiro atoms. The summed E-state index contributed by atoms with van der Waals surface area (Å²) in [6.07, 6.45) is 0. The van der Waals surface area contributed by atoms with Crippen LogP contribution >= 0.6 is 0 Å². The van der Waals surface area contributed by atoms with Crippen LogP contribution < -0.4 is 10.6 Å². The second-order valence-corrected chi connectivity index (χ2v) is 2.87. The Hall–Kier alpha value is -0.120. The molecule has 3 nitrogen and oxygen atoms in total. The summed E-state index contributed by atoms with van der Waals surface area (Å²) in [5.41, 5.74) is 0. The predicted octanol–water partition coefficient (Wildman–Crippen LogP) is -0.417. The number of ether oxygens (including phenoxy) is 1. The molecule has 0 amide bonds. The van der Waals surface area contributed by atoms with Crippen molar-refractivity contribution in [2.24, 2.45) is 0 Å². The second-order valence-electron chi connectivity index (χ2n) is 2.87. The first-order valence-corrected chi connectivity index (χ1v) is 3.78. The van der Waals surface area contributed by atoms with Crippen LogP contribution in [0.4, 0.5) is 0 Å². The zero-order chi connectivity index (χ0) is 7.40. The normalized spacial score (nSPS) is 34.2. The zero-order valence-electron chi connectivity index (χ0n) is 6.68. The standard InChI is InChI=1S/C7H16N2O/c1-6-3-9-7(4-8-6)5-10-2/h6-9H,3-5H2,1-2H3. The molecule has 0 aromatic heterocycles. The summed E-state index contributed by atoms with van der Waals surface area (Å²) in [5, 5.41) is 6.76. The van der Waals surface area contributed by atoms with Crippen molar-refractivity contribution < 1.29 is 4.74 Å². The molecule has 0 aliphatic carbocycles. The summed E-state index contributed by atoms with van der Waals surface area (Å²) < 4.78 is 5.01. The highest BCUT2D eigenvalue weighted by molar-refractivity contribution is 4.79. The molecular weight excluding hydrogens is 128 g/mol. The molecule has 1 rings (SSSR count). The van der Waals surface area contributed by atoms with Gasteiger partial charge in [0.05, 0.1) is 6.61 Å². The Morgan fingerprint density at radius 2 is 2.20 bits per heavy atom. The number of nitrogens with one attached hydrogen (secondary N) is 2. The summed E-state index contributed by atoms with van der Waals surface area (Å²) >= 11 is 0. The third kappa shape index (κ3) is 2.25. The third-order valence-electron chi connectivity index (χ3n) is 1.79. The van der Waals surface area contributed by atoms with Gasteiger partial charge in [-0.3, -0.25) is 0 Å². The van der Waals surface area contributed by atoms with Crippen molar-refractivity contribution in [3.63, 3.8) is 0 Å². The van der Waals surface area contributed by atoms with E-state index >= 15 is 0 Å². The number of rotatable bonds is 2. The van der Waals surface area contributed by atoms with Gasteiger partial charge >= 0.3 is 0 Å². The summed E-state index contributed by atoms with van der Waals surface area (Å²) in [6, 6.07) is 1.11. The van der Waals surface area contributed by atoms with Crippen LogP contribution in [0, 0.1) is 0 Å². The fourth-order valence-corrected chi connectivity index (χ4v) is 1.15. The SMILES string of the molecule is COCC1CNC(C)CN1. The van der Waals surface area contributed by atoms with Crippen molar-refractivity contribution in [1.82, 2.24) is 10.6 Å². The summed E-state index contributed by atoms with van der Waals surface area (Å²) in [7, 11) is 1.74. The Morgan fingerprint density at radius 1 is 1.40 bits per heavy atom. The van der Waals surface area contributed by atoms with Crippen molar-refractivity contribution in [3.8, 4) is 0 Å². The lowest BCUT2D eigenvalue weighted by Crippen LogP contribution is -2.54. The monoisotopic (exact) mass is 144 g/mol. The smallest absolute Gasteiger partial charge is 0.0628 e. The Balaban J connectivity index is 2.13. The quantitative estimate of drug-likeness (QED) is 0.552. The van der Waals surface area contributed by atoms with Crippen LogP contribution in [0.5, 0.6) is 0 Å². The first-order valence-electron chi connectivity index (χ1n) is 3.78. The van der Waals surface area contributed by atoms with Crippen LogP contribution in [-0.4, -0.2) is 38.9 Å². The van der Waals surface area contributed by atoms with Gasteiger partial charge in [-0.2, -0.15) is 0 Å². The molecule has 0 bridgehead atoms. The number of hydrogen-bond acceptors (Lipinski definition) is 3. The van der Waals surface area contributed by atoms with E-state index in [0.717, 1.165) is 19.7 Å². The highest BCUT2D eigenvalue weighted by Gasteiger charge is 2.15. The molecule has 0 aromatic rings. The average molecular weight is 144 g/mol. The topological polar surface area (TPSA) is 33.3 Å². The van der Waals surface area contributed by atoms with E-state index in [4.69, 9.17) is 4.74 Å². The van der Waals surface area contributed by atoms with E-state index in [2.05, 4.69) is 17.6 Å². The number of piperazine rings is 1. The maximum atomic E-state index is 5.01. The van der Waals surface area contributed by atoms with Crippen LogP contribution in [-0.2, 0) is 4.74 Å². The van der Waals surface area contributed by atoms with Gasteiger partial charge in [0.25, 0.3) is 0 Å². The van der Waals surface area contributed by atoms with Gasteiger partial charge in [-0.1, -0.05) is 0 Å².